The van der Waals surface area contributed by atoms with Gasteiger partial charge in [0, 0.05) is 19.6 Å². The minimum Gasteiger partial charge on any atom is -0.497 e. The largest absolute Gasteiger partial charge is 0.497 e. The van der Waals surface area contributed by atoms with Crippen LogP contribution >= 0.6 is 0 Å². The topological polar surface area (TPSA) is 66.9 Å². The number of alkyl halides is 1. The Morgan fingerprint density at radius 1 is 1.12 bits per heavy atom. The number of sulfonamides is 1. The van der Waals surface area contributed by atoms with Gasteiger partial charge < -0.3 is 9.64 Å². The highest BCUT2D eigenvalue weighted by Crippen LogP contribution is 2.32. The van der Waals surface area contributed by atoms with Crippen LogP contribution in [-0.4, -0.2) is 62.5 Å². The molecule has 0 N–H and O–H groups in total. The van der Waals surface area contributed by atoms with Gasteiger partial charge in [-0.15, -0.1) is 0 Å². The normalized spacial score (nSPS) is 25.1. The first-order valence-corrected chi connectivity index (χ1v) is 9.93. The fourth-order valence-corrected chi connectivity index (χ4v) is 4.98. The van der Waals surface area contributed by atoms with Crippen LogP contribution in [0.25, 0.3) is 0 Å². The fraction of sp³-hybridized carbons (Fsp3) is 0.588. The Balaban J connectivity index is 1.80. The molecule has 8 heteroatoms. The van der Waals surface area contributed by atoms with E-state index in [0.29, 0.717) is 25.3 Å². The van der Waals surface area contributed by atoms with Crippen LogP contribution in [0, 0.1) is 0 Å². The van der Waals surface area contributed by atoms with Gasteiger partial charge in [0.05, 0.1) is 18.6 Å². The maximum atomic E-state index is 15.3. The second kappa shape index (κ2) is 6.92. The van der Waals surface area contributed by atoms with E-state index in [1.165, 1.54) is 24.1 Å². The highest BCUT2D eigenvalue weighted by Gasteiger charge is 2.48. The van der Waals surface area contributed by atoms with Crippen molar-refractivity contribution < 1.29 is 22.3 Å². The van der Waals surface area contributed by atoms with E-state index < -0.39 is 28.1 Å². The Morgan fingerprint density at radius 3 is 2.36 bits per heavy atom. The van der Waals surface area contributed by atoms with Crippen molar-refractivity contribution in [2.45, 2.75) is 36.2 Å². The molecule has 1 aromatic carbocycles. The Labute approximate surface area is 147 Å². The molecule has 0 saturated carbocycles. The monoisotopic (exact) mass is 370 g/mol. The number of methoxy groups -OCH3 is 1. The second-order valence-corrected chi connectivity index (χ2v) is 8.52. The van der Waals surface area contributed by atoms with Gasteiger partial charge in [-0.25, -0.2) is 12.8 Å². The molecule has 2 fully saturated rings. The van der Waals surface area contributed by atoms with E-state index in [0.717, 1.165) is 17.1 Å². The highest BCUT2D eigenvalue weighted by atomic mass is 32.2. The number of likely N-dealkylation sites (tertiary alicyclic amines) is 1. The van der Waals surface area contributed by atoms with E-state index in [1.807, 2.05) is 0 Å². The van der Waals surface area contributed by atoms with Crippen LogP contribution in [0.3, 0.4) is 0 Å². The van der Waals surface area contributed by atoms with Gasteiger partial charge in [-0.1, -0.05) is 0 Å². The lowest BCUT2D eigenvalue weighted by atomic mass is 9.94. The first kappa shape index (κ1) is 18.1. The average Bonchev–Trinajstić information content (AvgIpc) is 3.15. The molecular formula is C17H23FN2O4S. The molecular weight excluding hydrogens is 347 g/mol. The number of rotatable bonds is 4. The number of nitrogens with zero attached hydrogens (tertiary/aromatic N) is 2. The van der Waals surface area contributed by atoms with Gasteiger partial charge in [0.15, 0.2) is 0 Å². The van der Waals surface area contributed by atoms with Crippen molar-refractivity contribution >= 4 is 15.9 Å². The van der Waals surface area contributed by atoms with Crippen molar-refractivity contribution in [2.24, 2.45) is 0 Å². The summed E-state index contributed by atoms with van der Waals surface area (Å²) in [5.74, 6) is -0.0266. The molecule has 3 rings (SSSR count). The van der Waals surface area contributed by atoms with Gasteiger partial charge in [-0.3, -0.25) is 4.79 Å². The SMILES string of the molecule is COc1ccc(S(=O)(=O)N2CCCC(F)(C(=O)N3CCCC3)C2)cc1. The third-order valence-electron chi connectivity index (χ3n) is 4.88. The average molecular weight is 370 g/mol. The van der Waals surface area contributed by atoms with Crippen LogP contribution in [0.1, 0.15) is 25.7 Å². The van der Waals surface area contributed by atoms with Crippen molar-refractivity contribution in [3.05, 3.63) is 24.3 Å². The molecule has 6 nitrogen and oxygen atoms in total. The molecule has 0 spiro atoms. The quantitative estimate of drug-likeness (QED) is 0.811. The van der Waals surface area contributed by atoms with Crippen LogP contribution in [0.5, 0.6) is 5.75 Å². The summed E-state index contributed by atoms with van der Waals surface area (Å²) in [5.41, 5.74) is -2.14. The molecule has 0 bridgehead atoms. The summed E-state index contributed by atoms with van der Waals surface area (Å²) in [5, 5.41) is 0. The number of carbonyl (C=O) groups excluding carboxylic acids is 1. The van der Waals surface area contributed by atoms with Crippen molar-refractivity contribution in [3.8, 4) is 5.75 Å². The molecule has 2 saturated heterocycles. The smallest absolute Gasteiger partial charge is 0.261 e. The lowest BCUT2D eigenvalue weighted by molar-refractivity contribution is -0.145. The number of hydrogen-bond donors (Lipinski definition) is 0. The summed E-state index contributed by atoms with van der Waals surface area (Å²) in [7, 11) is -2.35. The minimum atomic E-state index is -3.85. The molecule has 0 aromatic heterocycles. The number of halogens is 1. The number of hydrogen-bond acceptors (Lipinski definition) is 4. The fourth-order valence-electron chi connectivity index (χ4n) is 3.45. The molecule has 1 aromatic rings. The summed E-state index contributed by atoms with van der Waals surface area (Å²) in [6, 6.07) is 5.97. The molecule has 0 aliphatic carbocycles. The zero-order valence-electron chi connectivity index (χ0n) is 14.3. The summed E-state index contributed by atoms with van der Waals surface area (Å²) >= 11 is 0. The Hall–Kier alpha value is -1.67. The summed E-state index contributed by atoms with van der Waals surface area (Å²) in [6.07, 6.45) is 2.13. The van der Waals surface area contributed by atoms with E-state index in [2.05, 4.69) is 0 Å². The summed E-state index contributed by atoms with van der Waals surface area (Å²) in [6.45, 7) is 0.898. The van der Waals surface area contributed by atoms with Gasteiger partial charge >= 0.3 is 0 Å². The Bertz CT molecular complexity index is 732. The number of amides is 1. The Morgan fingerprint density at radius 2 is 1.76 bits per heavy atom. The molecule has 0 radical (unpaired) electrons. The zero-order valence-corrected chi connectivity index (χ0v) is 15.1. The van der Waals surface area contributed by atoms with Crippen LogP contribution in [0.4, 0.5) is 4.39 Å². The van der Waals surface area contributed by atoms with E-state index in [1.54, 1.807) is 12.1 Å². The predicted octanol–water partition coefficient (Wildman–Crippen LogP) is 1.81. The molecule has 138 valence electrons. The molecule has 1 atom stereocenters. The van der Waals surface area contributed by atoms with Crippen LogP contribution in [0.2, 0.25) is 0 Å². The maximum absolute atomic E-state index is 15.3. The third-order valence-corrected chi connectivity index (χ3v) is 6.74. The standard InChI is InChI=1S/C17H23FN2O4S/c1-24-14-5-7-15(8-6-14)25(22,23)20-12-4-9-17(18,13-20)16(21)19-10-2-3-11-19/h5-8H,2-4,9-13H2,1H3. The number of benzene rings is 1. The van der Waals surface area contributed by atoms with Gasteiger partial charge in [0.25, 0.3) is 5.91 Å². The van der Waals surface area contributed by atoms with Gasteiger partial charge in [-0.05, 0) is 49.9 Å². The molecule has 25 heavy (non-hydrogen) atoms. The van der Waals surface area contributed by atoms with Gasteiger partial charge in [0.1, 0.15) is 5.75 Å². The number of carbonyl (C=O) groups is 1. The van der Waals surface area contributed by atoms with Crippen molar-refractivity contribution in [1.29, 1.82) is 0 Å². The lowest BCUT2D eigenvalue weighted by Gasteiger charge is -2.37. The van der Waals surface area contributed by atoms with E-state index >= 15 is 4.39 Å². The van der Waals surface area contributed by atoms with Crippen LogP contribution in [-0.2, 0) is 14.8 Å². The summed E-state index contributed by atoms with van der Waals surface area (Å²) < 4.78 is 47.1. The molecule has 2 heterocycles. The first-order valence-electron chi connectivity index (χ1n) is 8.49. The zero-order chi connectivity index (χ0) is 18.1. The van der Waals surface area contributed by atoms with E-state index in [9.17, 15) is 13.2 Å². The van der Waals surface area contributed by atoms with Crippen molar-refractivity contribution in [2.75, 3.05) is 33.3 Å². The Kier molecular flexibility index (Phi) is 5.02. The van der Waals surface area contributed by atoms with Crippen LogP contribution < -0.4 is 4.74 Å². The minimum absolute atomic E-state index is 0.0664. The number of ether oxygens (including phenoxy) is 1. The van der Waals surface area contributed by atoms with E-state index in [4.69, 9.17) is 4.74 Å². The molecule has 1 unspecified atom stereocenters. The summed E-state index contributed by atoms with van der Waals surface area (Å²) in [4.78, 5) is 14.1. The van der Waals surface area contributed by atoms with Gasteiger partial charge in [0.2, 0.25) is 15.7 Å². The first-order chi connectivity index (χ1) is 11.9. The predicted molar refractivity (Wildman–Crippen MR) is 90.6 cm³/mol. The molecule has 2 aliphatic rings. The maximum Gasteiger partial charge on any atom is 0.261 e. The molecule has 1 amide bonds. The number of piperidine rings is 1. The third kappa shape index (κ3) is 3.50. The molecule has 2 aliphatic heterocycles. The van der Waals surface area contributed by atoms with Crippen LogP contribution in [0.15, 0.2) is 29.2 Å². The van der Waals surface area contributed by atoms with E-state index in [-0.39, 0.29) is 17.9 Å². The van der Waals surface area contributed by atoms with Crippen molar-refractivity contribution in [3.63, 3.8) is 0 Å². The lowest BCUT2D eigenvalue weighted by Crippen LogP contribution is -2.56. The van der Waals surface area contributed by atoms with Crippen molar-refractivity contribution in [1.82, 2.24) is 9.21 Å². The highest BCUT2D eigenvalue weighted by molar-refractivity contribution is 7.89. The second-order valence-electron chi connectivity index (χ2n) is 6.58. The van der Waals surface area contributed by atoms with Gasteiger partial charge in [-0.2, -0.15) is 4.31 Å².